The van der Waals surface area contributed by atoms with Crippen LogP contribution in [0.1, 0.15) is 32.6 Å². The summed E-state index contributed by atoms with van der Waals surface area (Å²) in [6.45, 7) is 4.88. The van der Waals surface area contributed by atoms with Crippen LogP contribution < -0.4 is 5.32 Å². The highest BCUT2D eigenvalue weighted by molar-refractivity contribution is 5.74. The first-order chi connectivity index (χ1) is 9.67. The number of carbonyl (C=O) groups is 1. The van der Waals surface area contributed by atoms with Crippen LogP contribution in [0.5, 0.6) is 0 Å². The fraction of sp³-hybridized carbons (Fsp3) is 0.800. The maximum absolute atomic E-state index is 12.3. The molecule has 0 unspecified atom stereocenters. The van der Waals surface area contributed by atoms with Crippen LogP contribution in [0.3, 0.4) is 0 Å². The number of urea groups is 1. The van der Waals surface area contributed by atoms with E-state index in [-0.39, 0.29) is 18.0 Å². The van der Waals surface area contributed by atoms with Gasteiger partial charge in [0.05, 0.1) is 13.2 Å². The van der Waals surface area contributed by atoms with Crippen LogP contribution in [0.25, 0.3) is 0 Å². The van der Waals surface area contributed by atoms with Gasteiger partial charge in [0.25, 0.3) is 0 Å². The van der Waals surface area contributed by atoms with Gasteiger partial charge in [0.2, 0.25) is 0 Å². The third-order valence-electron chi connectivity index (χ3n) is 4.65. The zero-order valence-corrected chi connectivity index (χ0v) is 12.1. The second-order valence-electron chi connectivity index (χ2n) is 6.09. The zero-order chi connectivity index (χ0) is 14.0. The standard InChI is InChI=1S/C15H24N2O3/c1-15(19-9-10-20-15)12-5-4-8-17(11-12)14(18)16-13-6-2-3-7-13/h2-3,12-13H,4-11H2,1H3,(H,16,18)/t12-/m0/s1. The Morgan fingerprint density at radius 3 is 2.70 bits per heavy atom. The van der Waals surface area contributed by atoms with Crippen molar-refractivity contribution in [3.63, 3.8) is 0 Å². The topological polar surface area (TPSA) is 50.8 Å². The molecule has 0 aromatic heterocycles. The molecule has 2 amide bonds. The predicted molar refractivity (Wildman–Crippen MR) is 75.3 cm³/mol. The Labute approximate surface area is 120 Å². The summed E-state index contributed by atoms with van der Waals surface area (Å²) in [6.07, 6.45) is 8.24. The Balaban J connectivity index is 1.55. The van der Waals surface area contributed by atoms with Gasteiger partial charge >= 0.3 is 6.03 Å². The summed E-state index contributed by atoms with van der Waals surface area (Å²) < 4.78 is 11.5. The Kier molecular flexibility index (Phi) is 3.98. The molecule has 2 fully saturated rings. The number of likely N-dealkylation sites (tertiary alicyclic amines) is 1. The van der Waals surface area contributed by atoms with E-state index < -0.39 is 5.79 Å². The third-order valence-corrected chi connectivity index (χ3v) is 4.65. The highest BCUT2D eigenvalue weighted by Crippen LogP contribution is 2.34. The van der Waals surface area contributed by atoms with Gasteiger partial charge in [0.15, 0.2) is 5.79 Å². The van der Waals surface area contributed by atoms with E-state index in [1.165, 1.54) is 0 Å². The van der Waals surface area contributed by atoms with Crippen molar-refractivity contribution in [3.8, 4) is 0 Å². The summed E-state index contributed by atoms with van der Waals surface area (Å²) in [5.41, 5.74) is 0. The zero-order valence-electron chi connectivity index (χ0n) is 12.1. The summed E-state index contributed by atoms with van der Waals surface area (Å²) in [4.78, 5) is 14.2. The maximum atomic E-state index is 12.3. The fourth-order valence-electron chi connectivity index (χ4n) is 3.36. The van der Waals surface area contributed by atoms with Crippen LogP contribution in [-0.4, -0.2) is 49.1 Å². The number of hydrogen-bond donors (Lipinski definition) is 1. The molecule has 112 valence electrons. The lowest BCUT2D eigenvalue weighted by atomic mass is 9.90. The highest BCUT2D eigenvalue weighted by atomic mass is 16.7. The number of carbonyl (C=O) groups excluding carboxylic acids is 1. The normalized spacial score (nSPS) is 29.9. The predicted octanol–water partition coefficient (Wildman–Crippen LogP) is 1.89. The van der Waals surface area contributed by atoms with E-state index in [1.54, 1.807) is 0 Å². The summed E-state index contributed by atoms with van der Waals surface area (Å²) >= 11 is 0. The molecule has 2 saturated heterocycles. The molecule has 5 nitrogen and oxygen atoms in total. The average molecular weight is 280 g/mol. The molecule has 20 heavy (non-hydrogen) atoms. The van der Waals surface area contributed by atoms with Crippen LogP contribution in [-0.2, 0) is 9.47 Å². The molecule has 3 aliphatic rings. The molecule has 1 N–H and O–H groups in total. The van der Waals surface area contributed by atoms with Gasteiger partial charge in [0, 0.05) is 25.0 Å². The molecule has 0 aromatic rings. The molecular weight excluding hydrogens is 256 g/mol. The van der Waals surface area contributed by atoms with E-state index in [4.69, 9.17) is 9.47 Å². The van der Waals surface area contributed by atoms with Crippen molar-refractivity contribution < 1.29 is 14.3 Å². The van der Waals surface area contributed by atoms with Gasteiger partial charge in [0.1, 0.15) is 0 Å². The molecule has 0 bridgehead atoms. The maximum Gasteiger partial charge on any atom is 0.317 e. The summed E-state index contributed by atoms with van der Waals surface area (Å²) in [5, 5.41) is 3.12. The van der Waals surface area contributed by atoms with Crippen molar-refractivity contribution in [1.82, 2.24) is 10.2 Å². The summed E-state index contributed by atoms with van der Waals surface area (Å²) in [6, 6.07) is 0.336. The van der Waals surface area contributed by atoms with Crippen LogP contribution in [0.2, 0.25) is 0 Å². The lowest BCUT2D eigenvalue weighted by Gasteiger charge is -2.40. The van der Waals surface area contributed by atoms with E-state index in [2.05, 4.69) is 17.5 Å². The number of nitrogens with one attached hydrogen (secondary N) is 1. The first-order valence-electron chi connectivity index (χ1n) is 7.66. The number of amides is 2. The molecule has 2 aliphatic heterocycles. The number of ether oxygens (including phenoxy) is 2. The van der Waals surface area contributed by atoms with Crippen LogP contribution in [0.15, 0.2) is 12.2 Å². The third kappa shape index (κ3) is 2.83. The van der Waals surface area contributed by atoms with E-state index >= 15 is 0 Å². The Morgan fingerprint density at radius 2 is 2.00 bits per heavy atom. The molecule has 5 heteroatoms. The molecule has 1 atom stereocenters. The average Bonchev–Trinajstić information content (AvgIpc) is 3.11. The minimum Gasteiger partial charge on any atom is -0.347 e. The first-order valence-corrected chi connectivity index (χ1v) is 7.66. The van der Waals surface area contributed by atoms with Crippen molar-refractivity contribution in [2.24, 2.45) is 5.92 Å². The second kappa shape index (κ2) is 5.74. The molecule has 2 heterocycles. The van der Waals surface area contributed by atoms with E-state index in [0.717, 1.165) is 38.8 Å². The molecule has 0 saturated carbocycles. The van der Waals surface area contributed by atoms with Gasteiger partial charge in [-0.2, -0.15) is 0 Å². The molecule has 3 rings (SSSR count). The van der Waals surface area contributed by atoms with Crippen LogP contribution in [0.4, 0.5) is 4.79 Å². The fourth-order valence-corrected chi connectivity index (χ4v) is 3.36. The van der Waals surface area contributed by atoms with Crippen molar-refractivity contribution in [2.75, 3.05) is 26.3 Å². The van der Waals surface area contributed by atoms with Crippen molar-refractivity contribution in [3.05, 3.63) is 12.2 Å². The summed E-state index contributed by atoms with van der Waals surface area (Å²) in [5.74, 6) is -0.236. The molecular formula is C15H24N2O3. The highest BCUT2D eigenvalue weighted by Gasteiger charge is 2.42. The van der Waals surface area contributed by atoms with E-state index in [0.29, 0.717) is 13.2 Å². The van der Waals surface area contributed by atoms with E-state index in [1.807, 2.05) is 11.8 Å². The largest absolute Gasteiger partial charge is 0.347 e. The van der Waals surface area contributed by atoms with Crippen LogP contribution in [0, 0.1) is 5.92 Å². The van der Waals surface area contributed by atoms with Gasteiger partial charge < -0.3 is 19.7 Å². The number of piperidine rings is 1. The summed E-state index contributed by atoms with van der Waals surface area (Å²) in [7, 11) is 0. The van der Waals surface area contributed by atoms with E-state index in [9.17, 15) is 4.79 Å². The molecule has 0 radical (unpaired) electrons. The van der Waals surface area contributed by atoms with Gasteiger partial charge in [-0.25, -0.2) is 4.79 Å². The van der Waals surface area contributed by atoms with Crippen molar-refractivity contribution in [2.45, 2.75) is 44.4 Å². The lowest BCUT2D eigenvalue weighted by Crippen LogP contribution is -2.52. The minimum atomic E-state index is -0.506. The quantitative estimate of drug-likeness (QED) is 0.786. The number of nitrogens with zero attached hydrogens (tertiary/aromatic N) is 1. The van der Waals surface area contributed by atoms with Crippen molar-refractivity contribution >= 4 is 6.03 Å². The lowest BCUT2D eigenvalue weighted by molar-refractivity contribution is -0.189. The van der Waals surface area contributed by atoms with Gasteiger partial charge in [-0.1, -0.05) is 12.2 Å². The Hall–Kier alpha value is -1.07. The number of hydrogen-bond acceptors (Lipinski definition) is 3. The van der Waals surface area contributed by atoms with Crippen molar-refractivity contribution in [1.29, 1.82) is 0 Å². The molecule has 0 spiro atoms. The number of rotatable bonds is 2. The van der Waals surface area contributed by atoms with Crippen LogP contribution >= 0.6 is 0 Å². The molecule has 1 aliphatic carbocycles. The smallest absolute Gasteiger partial charge is 0.317 e. The molecule has 0 aromatic carbocycles. The Bertz CT molecular complexity index is 383. The van der Waals surface area contributed by atoms with Gasteiger partial charge in [-0.3, -0.25) is 0 Å². The minimum absolute atomic E-state index is 0.0602. The monoisotopic (exact) mass is 280 g/mol. The second-order valence-corrected chi connectivity index (χ2v) is 6.09. The SMILES string of the molecule is CC1([C@H]2CCCN(C(=O)NC3CC=CC3)C2)OCCO1. The first kappa shape index (κ1) is 13.9. The van der Waals surface area contributed by atoms with Gasteiger partial charge in [-0.15, -0.1) is 0 Å². The van der Waals surface area contributed by atoms with Gasteiger partial charge in [-0.05, 0) is 32.6 Å². The Morgan fingerprint density at radius 1 is 1.30 bits per heavy atom.